The van der Waals surface area contributed by atoms with Gasteiger partial charge < -0.3 is 49.1 Å². The minimum absolute atomic E-state index is 0.0326. The van der Waals surface area contributed by atoms with Gasteiger partial charge in [-0.3, -0.25) is 29.0 Å². The summed E-state index contributed by atoms with van der Waals surface area (Å²) in [6, 6.07) is -5.19. The summed E-state index contributed by atoms with van der Waals surface area (Å²) in [4.78, 5) is 75.3. The van der Waals surface area contributed by atoms with Crippen molar-refractivity contribution in [2.75, 3.05) is 18.6 Å². The number of nitrogens with two attached hydrogens (primary N) is 4. The number of carbonyl (C=O) groups excluding carboxylic acids is 4. The van der Waals surface area contributed by atoms with Crippen LogP contribution in [-0.4, -0.2) is 94.5 Å². The van der Waals surface area contributed by atoms with Gasteiger partial charge in [-0.25, -0.2) is 4.79 Å². The zero-order valence-electron chi connectivity index (χ0n) is 20.5. The van der Waals surface area contributed by atoms with Gasteiger partial charge in [0.1, 0.15) is 18.1 Å². The number of nitrogens with one attached hydrogen (secondary N) is 3. The van der Waals surface area contributed by atoms with E-state index < -0.39 is 72.6 Å². The summed E-state index contributed by atoms with van der Waals surface area (Å²) in [5.74, 6) is -5.68. The van der Waals surface area contributed by atoms with Gasteiger partial charge in [0.25, 0.3) is 0 Å². The highest BCUT2D eigenvalue weighted by Crippen LogP contribution is 2.07. The van der Waals surface area contributed by atoms with Crippen molar-refractivity contribution < 1.29 is 39.0 Å². The van der Waals surface area contributed by atoms with Gasteiger partial charge in [0.2, 0.25) is 23.6 Å². The van der Waals surface area contributed by atoms with Crippen LogP contribution in [0.25, 0.3) is 0 Å². The van der Waals surface area contributed by atoms with E-state index in [9.17, 15) is 33.9 Å². The van der Waals surface area contributed by atoms with Crippen LogP contribution < -0.4 is 38.9 Å². The lowest BCUT2D eigenvalue weighted by atomic mass is 10.1. The number of nitrogens with zero attached hydrogens (tertiary/aromatic N) is 1. The van der Waals surface area contributed by atoms with Crippen molar-refractivity contribution in [2.24, 2.45) is 27.9 Å². The first-order valence-electron chi connectivity index (χ1n) is 11.2. The van der Waals surface area contributed by atoms with Crippen molar-refractivity contribution in [1.82, 2.24) is 16.0 Å². The van der Waals surface area contributed by atoms with Gasteiger partial charge in [-0.2, -0.15) is 11.8 Å². The van der Waals surface area contributed by atoms with Gasteiger partial charge >= 0.3 is 11.9 Å². The summed E-state index contributed by atoms with van der Waals surface area (Å²) in [5, 5.41) is 25.3. The van der Waals surface area contributed by atoms with E-state index in [1.165, 1.54) is 11.8 Å². The molecule has 210 valence electrons. The van der Waals surface area contributed by atoms with Crippen molar-refractivity contribution >= 4 is 53.3 Å². The molecule has 16 nitrogen and oxygen atoms in total. The van der Waals surface area contributed by atoms with E-state index in [1.807, 2.05) is 0 Å². The Morgan fingerprint density at radius 3 is 1.86 bits per heavy atom. The number of carboxylic acid groups (broad SMARTS) is 2. The molecule has 0 radical (unpaired) electrons. The fourth-order valence-electron chi connectivity index (χ4n) is 2.93. The third-order valence-electron chi connectivity index (χ3n) is 4.84. The summed E-state index contributed by atoms with van der Waals surface area (Å²) in [5.41, 5.74) is 21.3. The molecular weight excluding hydrogens is 512 g/mol. The molecule has 0 saturated heterocycles. The van der Waals surface area contributed by atoms with Crippen LogP contribution in [0.4, 0.5) is 0 Å². The van der Waals surface area contributed by atoms with Gasteiger partial charge in [-0.05, 0) is 37.7 Å². The second-order valence-corrected chi connectivity index (χ2v) is 8.95. The molecule has 0 bridgehead atoms. The van der Waals surface area contributed by atoms with Crippen LogP contribution in [0.3, 0.4) is 0 Å². The number of carbonyl (C=O) groups is 6. The zero-order chi connectivity index (χ0) is 28.5. The quantitative estimate of drug-likeness (QED) is 0.0429. The molecule has 17 heteroatoms. The van der Waals surface area contributed by atoms with Crippen molar-refractivity contribution in [3.05, 3.63) is 0 Å². The molecule has 0 aromatic heterocycles. The summed E-state index contributed by atoms with van der Waals surface area (Å²) in [6.45, 7) is 0.135. The monoisotopic (exact) mass is 548 g/mol. The molecule has 0 aliphatic rings. The first-order valence-corrected chi connectivity index (χ1v) is 12.6. The third kappa shape index (κ3) is 15.2. The largest absolute Gasteiger partial charge is 0.481 e. The molecule has 37 heavy (non-hydrogen) atoms. The number of guanidine groups is 1. The number of aliphatic imine (C=N–C) groups is 1. The zero-order valence-corrected chi connectivity index (χ0v) is 21.3. The van der Waals surface area contributed by atoms with Crippen LogP contribution in [0.15, 0.2) is 4.99 Å². The van der Waals surface area contributed by atoms with Gasteiger partial charge in [0.05, 0.1) is 12.5 Å². The Balaban J connectivity index is 5.60. The molecule has 4 unspecified atom stereocenters. The molecule has 0 aliphatic heterocycles. The molecule has 4 atom stereocenters. The number of thioether (sulfide) groups is 1. The van der Waals surface area contributed by atoms with E-state index in [-0.39, 0.29) is 38.2 Å². The summed E-state index contributed by atoms with van der Waals surface area (Å²) < 4.78 is 0. The van der Waals surface area contributed by atoms with Gasteiger partial charge in [-0.1, -0.05) is 0 Å². The van der Waals surface area contributed by atoms with Crippen molar-refractivity contribution in [3.63, 3.8) is 0 Å². The average Bonchev–Trinajstić information content (AvgIpc) is 2.79. The Bertz CT molecular complexity index is 852. The lowest BCUT2D eigenvalue weighted by molar-refractivity contribution is -0.143. The van der Waals surface area contributed by atoms with E-state index in [1.54, 1.807) is 6.26 Å². The maximum Gasteiger partial charge on any atom is 0.326 e. The van der Waals surface area contributed by atoms with E-state index in [0.717, 1.165) is 0 Å². The van der Waals surface area contributed by atoms with Crippen LogP contribution >= 0.6 is 11.8 Å². The predicted octanol–water partition coefficient (Wildman–Crippen LogP) is -3.60. The first-order chi connectivity index (χ1) is 17.3. The number of hydrogen-bond acceptors (Lipinski definition) is 9. The number of hydrogen-bond donors (Lipinski definition) is 9. The fraction of sp³-hybridized carbons (Fsp3) is 0.650. The molecule has 0 fully saturated rings. The van der Waals surface area contributed by atoms with E-state index >= 15 is 0 Å². The SMILES string of the molecule is CSCCC(NC(=O)C(CCCN=C(N)N)NC(=O)C(N)CC(N)=O)C(=O)NC(CCC(=O)O)C(=O)O. The molecule has 0 saturated carbocycles. The highest BCUT2D eigenvalue weighted by atomic mass is 32.2. The summed E-state index contributed by atoms with van der Waals surface area (Å²) in [7, 11) is 0. The summed E-state index contributed by atoms with van der Waals surface area (Å²) in [6.07, 6.45) is 0.843. The number of aliphatic carboxylic acids is 2. The predicted molar refractivity (Wildman–Crippen MR) is 135 cm³/mol. The molecule has 0 aromatic carbocycles. The lowest BCUT2D eigenvalue weighted by Crippen LogP contribution is -2.57. The topological polar surface area (TPSA) is 295 Å². The molecule has 4 amide bonds. The third-order valence-corrected chi connectivity index (χ3v) is 5.49. The van der Waals surface area contributed by atoms with Gasteiger partial charge in [0, 0.05) is 13.0 Å². The van der Waals surface area contributed by atoms with Crippen LogP contribution in [-0.2, 0) is 28.8 Å². The molecule has 13 N–H and O–H groups in total. The minimum Gasteiger partial charge on any atom is -0.481 e. The Labute approximate surface area is 217 Å². The second kappa shape index (κ2) is 17.8. The number of primary amides is 1. The van der Waals surface area contributed by atoms with Crippen LogP contribution in [0.5, 0.6) is 0 Å². The first kappa shape index (κ1) is 33.4. The molecule has 0 heterocycles. The van der Waals surface area contributed by atoms with Crippen LogP contribution in [0.1, 0.15) is 38.5 Å². The molecule has 0 aliphatic carbocycles. The standard InChI is InChI=1S/C20H36N8O8S/c1-37-8-6-12(18(34)28-13(19(35)36)4-5-15(30)31)27-17(33)11(3-2-7-25-20(23)24)26-16(32)10(21)9-14(22)29/h10-13H,2-9,21H2,1H3,(H2,22,29)(H,26,32)(H,27,33)(H,28,34)(H,30,31)(H,35,36)(H4,23,24,25). The van der Waals surface area contributed by atoms with Gasteiger partial charge in [-0.15, -0.1) is 0 Å². The average molecular weight is 549 g/mol. The molecule has 0 rings (SSSR count). The highest BCUT2D eigenvalue weighted by molar-refractivity contribution is 7.98. The van der Waals surface area contributed by atoms with E-state index in [0.29, 0.717) is 5.75 Å². The van der Waals surface area contributed by atoms with E-state index in [4.69, 9.17) is 28.0 Å². The van der Waals surface area contributed by atoms with Crippen molar-refractivity contribution in [3.8, 4) is 0 Å². The second-order valence-electron chi connectivity index (χ2n) is 7.96. The number of rotatable bonds is 19. The van der Waals surface area contributed by atoms with Crippen molar-refractivity contribution in [1.29, 1.82) is 0 Å². The maximum atomic E-state index is 13.0. The normalized spacial score (nSPS) is 13.8. The number of carboxylic acids is 2. The molecule has 0 spiro atoms. The fourth-order valence-corrected chi connectivity index (χ4v) is 3.41. The summed E-state index contributed by atoms with van der Waals surface area (Å²) >= 11 is 1.37. The van der Waals surface area contributed by atoms with Crippen molar-refractivity contribution in [2.45, 2.75) is 62.7 Å². The number of amides is 4. The maximum absolute atomic E-state index is 13.0. The molecular formula is C20H36N8O8S. The lowest BCUT2D eigenvalue weighted by Gasteiger charge is -2.25. The highest BCUT2D eigenvalue weighted by Gasteiger charge is 2.30. The van der Waals surface area contributed by atoms with Crippen LogP contribution in [0.2, 0.25) is 0 Å². The smallest absolute Gasteiger partial charge is 0.326 e. The Kier molecular flexibility index (Phi) is 16.0. The Morgan fingerprint density at radius 1 is 0.838 bits per heavy atom. The Hall–Kier alpha value is -3.60. The molecule has 0 aromatic rings. The van der Waals surface area contributed by atoms with E-state index in [2.05, 4.69) is 20.9 Å². The Morgan fingerprint density at radius 2 is 1.38 bits per heavy atom. The van der Waals surface area contributed by atoms with Gasteiger partial charge in [0.15, 0.2) is 5.96 Å². The minimum atomic E-state index is -1.49. The van der Waals surface area contributed by atoms with Crippen LogP contribution in [0, 0.1) is 0 Å².